The Morgan fingerprint density at radius 2 is 2.27 bits per heavy atom. The van der Waals surface area contributed by atoms with Crippen LogP contribution in [-0.4, -0.2) is 5.75 Å². The monoisotopic (exact) mass is 164 g/mol. The maximum absolute atomic E-state index is 2.27. The van der Waals surface area contributed by atoms with Crippen molar-refractivity contribution in [2.24, 2.45) is 0 Å². The van der Waals surface area contributed by atoms with Gasteiger partial charge in [-0.2, -0.15) is 0 Å². The van der Waals surface area contributed by atoms with E-state index < -0.39 is 0 Å². The molecule has 0 aliphatic carbocycles. The van der Waals surface area contributed by atoms with E-state index >= 15 is 0 Å². The molecular formula is C10H12S. The van der Waals surface area contributed by atoms with Gasteiger partial charge in [0.05, 0.1) is 0 Å². The van der Waals surface area contributed by atoms with Crippen LogP contribution in [0, 0.1) is 0 Å². The van der Waals surface area contributed by atoms with Crippen LogP contribution in [0.2, 0.25) is 0 Å². The molecule has 1 aromatic rings. The van der Waals surface area contributed by atoms with Gasteiger partial charge in [0.15, 0.2) is 0 Å². The molecular weight excluding hydrogens is 152 g/mol. The van der Waals surface area contributed by atoms with Crippen LogP contribution in [0.3, 0.4) is 0 Å². The van der Waals surface area contributed by atoms with Gasteiger partial charge < -0.3 is 0 Å². The lowest BCUT2D eigenvalue weighted by molar-refractivity contribution is 0.746. The lowest BCUT2D eigenvalue weighted by atomic mass is 9.99. The first-order valence-electron chi connectivity index (χ1n) is 4.13. The van der Waals surface area contributed by atoms with E-state index in [1.54, 1.807) is 5.56 Å². The highest BCUT2D eigenvalue weighted by Gasteiger charge is 2.19. The zero-order chi connectivity index (χ0) is 7.68. The molecule has 1 aromatic carbocycles. The quantitative estimate of drug-likeness (QED) is 0.613. The van der Waals surface area contributed by atoms with Crippen molar-refractivity contribution in [2.75, 3.05) is 5.75 Å². The first-order valence-corrected chi connectivity index (χ1v) is 5.12. The molecule has 0 fully saturated rings. The van der Waals surface area contributed by atoms with Crippen LogP contribution >= 0.6 is 11.8 Å². The Kier molecular flexibility index (Phi) is 1.91. The number of thioether (sulfide) groups is 1. The van der Waals surface area contributed by atoms with E-state index in [0.717, 1.165) is 5.92 Å². The highest BCUT2D eigenvalue weighted by atomic mass is 32.2. The first kappa shape index (κ1) is 7.23. The minimum atomic E-state index is 0.816. The molecule has 11 heavy (non-hydrogen) atoms. The van der Waals surface area contributed by atoms with Gasteiger partial charge in [0.2, 0.25) is 0 Å². The summed E-state index contributed by atoms with van der Waals surface area (Å²) >= 11 is 2.00. The minimum Gasteiger partial charge on any atom is -0.125 e. The van der Waals surface area contributed by atoms with E-state index in [1.165, 1.54) is 17.1 Å². The lowest BCUT2D eigenvalue weighted by Crippen LogP contribution is -1.92. The zero-order valence-electron chi connectivity index (χ0n) is 6.71. The number of hydrogen-bond donors (Lipinski definition) is 0. The van der Waals surface area contributed by atoms with E-state index in [-0.39, 0.29) is 0 Å². The smallest absolute Gasteiger partial charge is 0.0107 e. The van der Waals surface area contributed by atoms with Crippen molar-refractivity contribution < 1.29 is 0 Å². The lowest BCUT2D eigenvalue weighted by Gasteiger charge is -2.04. The normalized spacial score (nSPS) is 21.7. The predicted octanol–water partition coefficient (Wildman–Crippen LogP) is 3.29. The molecule has 0 saturated carbocycles. The Morgan fingerprint density at radius 1 is 1.45 bits per heavy atom. The molecule has 0 radical (unpaired) electrons. The average Bonchev–Trinajstić information content (AvgIpc) is 2.47. The Balaban J connectivity index is 2.39. The standard InChI is InChI=1S/C10H12S/c1-2-8-7-11-10-6-4-3-5-9(8)10/h3-6,8H,2,7H2,1H3. The van der Waals surface area contributed by atoms with Gasteiger partial charge in [-0.25, -0.2) is 0 Å². The fourth-order valence-corrected chi connectivity index (χ4v) is 2.94. The third kappa shape index (κ3) is 1.18. The molecule has 0 spiro atoms. The summed E-state index contributed by atoms with van der Waals surface area (Å²) in [4.78, 5) is 1.50. The fourth-order valence-electron chi connectivity index (χ4n) is 1.57. The van der Waals surface area contributed by atoms with Gasteiger partial charge in [-0.3, -0.25) is 0 Å². The highest BCUT2D eigenvalue weighted by Crippen LogP contribution is 2.40. The third-order valence-corrected chi connectivity index (χ3v) is 3.54. The van der Waals surface area contributed by atoms with Gasteiger partial charge in [-0.15, -0.1) is 11.8 Å². The van der Waals surface area contributed by atoms with E-state index in [4.69, 9.17) is 0 Å². The second-order valence-electron chi connectivity index (χ2n) is 2.95. The molecule has 1 heteroatoms. The van der Waals surface area contributed by atoms with Crippen LogP contribution in [0.1, 0.15) is 24.8 Å². The molecule has 1 aliphatic heterocycles. The average molecular weight is 164 g/mol. The highest BCUT2D eigenvalue weighted by molar-refractivity contribution is 7.99. The van der Waals surface area contributed by atoms with E-state index in [9.17, 15) is 0 Å². The number of benzene rings is 1. The first-order chi connectivity index (χ1) is 5.42. The van der Waals surface area contributed by atoms with Crippen LogP contribution in [0.25, 0.3) is 0 Å². The molecule has 0 aromatic heterocycles. The van der Waals surface area contributed by atoms with Gasteiger partial charge in [-0.1, -0.05) is 25.1 Å². The van der Waals surface area contributed by atoms with Gasteiger partial charge in [-0.05, 0) is 24.0 Å². The summed E-state index contributed by atoms with van der Waals surface area (Å²) in [5, 5.41) is 0. The molecule has 1 aliphatic rings. The number of rotatable bonds is 1. The minimum absolute atomic E-state index is 0.816. The molecule has 1 unspecified atom stereocenters. The maximum Gasteiger partial charge on any atom is 0.0107 e. The summed E-state index contributed by atoms with van der Waals surface area (Å²) in [7, 11) is 0. The van der Waals surface area contributed by atoms with Crippen LogP contribution in [-0.2, 0) is 0 Å². The van der Waals surface area contributed by atoms with Crippen LogP contribution in [0.5, 0.6) is 0 Å². The summed E-state index contributed by atoms with van der Waals surface area (Å²) in [5.74, 6) is 2.10. The van der Waals surface area contributed by atoms with Gasteiger partial charge >= 0.3 is 0 Å². The molecule has 1 heterocycles. The van der Waals surface area contributed by atoms with Crippen molar-refractivity contribution in [3.8, 4) is 0 Å². The molecule has 0 amide bonds. The van der Waals surface area contributed by atoms with Crippen molar-refractivity contribution in [3.05, 3.63) is 29.8 Å². The molecule has 2 rings (SSSR count). The zero-order valence-corrected chi connectivity index (χ0v) is 7.53. The molecule has 0 N–H and O–H groups in total. The SMILES string of the molecule is CCC1CSc2ccccc21. The van der Waals surface area contributed by atoms with Crippen molar-refractivity contribution in [1.82, 2.24) is 0 Å². The number of fused-ring (bicyclic) bond motifs is 1. The molecule has 0 bridgehead atoms. The maximum atomic E-state index is 2.27. The second-order valence-corrected chi connectivity index (χ2v) is 4.02. The van der Waals surface area contributed by atoms with Crippen molar-refractivity contribution in [3.63, 3.8) is 0 Å². The Hall–Kier alpha value is -0.430. The van der Waals surface area contributed by atoms with E-state index in [2.05, 4.69) is 31.2 Å². The Bertz CT molecular complexity index is 255. The van der Waals surface area contributed by atoms with Crippen LogP contribution < -0.4 is 0 Å². The van der Waals surface area contributed by atoms with Gasteiger partial charge in [0, 0.05) is 10.6 Å². The second kappa shape index (κ2) is 2.90. The van der Waals surface area contributed by atoms with E-state index in [1.807, 2.05) is 11.8 Å². The predicted molar refractivity (Wildman–Crippen MR) is 50.2 cm³/mol. The topological polar surface area (TPSA) is 0 Å². The summed E-state index contributed by atoms with van der Waals surface area (Å²) in [6, 6.07) is 8.77. The van der Waals surface area contributed by atoms with E-state index in [0.29, 0.717) is 0 Å². The van der Waals surface area contributed by atoms with Crippen molar-refractivity contribution in [2.45, 2.75) is 24.2 Å². The number of hydrogen-bond acceptors (Lipinski definition) is 1. The van der Waals surface area contributed by atoms with Crippen molar-refractivity contribution in [1.29, 1.82) is 0 Å². The molecule has 1 atom stereocenters. The van der Waals surface area contributed by atoms with Gasteiger partial charge in [0.25, 0.3) is 0 Å². The van der Waals surface area contributed by atoms with Crippen LogP contribution in [0.4, 0.5) is 0 Å². The van der Waals surface area contributed by atoms with Crippen LogP contribution in [0.15, 0.2) is 29.2 Å². The Morgan fingerprint density at radius 3 is 3.09 bits per heavy atom. The summed E-state index contributed by atoms with van der Waals surface area (Å²) in [6.07, 6.45) is 1.28. The molecule has 0 nitrogen and oxygen atoms in total. The molecule has 0 saturated heterocycles. The fraction of sp³-hybridized carbons (Fsp3) is 0.400. The largest absolute Gasteiger partial charge is 0.125 e. The molecule has 58 valence electrons. The summed E-state index contributed by atoms with van der Waals surface area (Å²) in [5.41, 5.74) is 1.57. The Labute approximate surface area is 72.0 Å². The third-order valence-electron chi connectivity index (χ3n) is 2.29. The summed E-state index contributed by atoms with van der Waals surface area (Å²) in [6.45, 7) is 2.27. The van der Waals surface area contributed by atoms with Crippen molar-refractivity contribution >= 4 is 11.8 Å². The van der Waals surface area contributed by atoms with Gasteiger partial charge in [0.1, 0.15) is 0 Å². The summed E-state index contributed by atoms with van der Waals surface area (Å²) < 4.78 is 0.